The number of rotatable bonds is 3. The highest BCUT2D eigenvalue weighted by atomic mass is 16.6. The molecule has 1 rings (SSSR count). The van der Waals surface area contributed by atoms with Crippen LogP contribution in [-0.4, -0.2) is 35.7 Å². The third kappa shape index (κ3) is 5.43. The number of nitrogens with zero attached hydrogens (tertiary/aromatic N) is 1. The maximum atomic E-state index is 11.9. The van der Waals surface area contributed by atoms with Crippen LogP contribution in [0.4, 0.5) is 4.79 Å². The molecule has 18 heavy (non-hydrogen) atoms. The molecule has 1 saturated heterocycles. The number of nitrogens with one attached hydrogen (secondary N) is 1. The van der Waals surface area contributed by atoms with Crippen molar-refractivity contribution in [2.24, 2.45) is 0 Å². The molecule has 1 amide bonds. The summed E-state index contributed by atoms with van der Waals surface area (Å²) >= 11 is 0. The Morgan fingerprint density at radius 2 is 2.00 bits per heavy atom. The molecule has 0 aliphatic carbocycles. The number of hydrogen-bond acceptors (Lipinski definition) is 3. The number of ether oxygens (including phenoxy) is 1. The Bertz CT molecular complexity index is 287. The van der Waals surface area contributed by atoms with Crippen LogP contribution in [0.3, 0.4) is 0 Å². The first-order valence-corrected chi connectivity index (χ1v) is 6.81. The van der Waals surface area contributed by atoms with Gasteiger partial charge in [0.1, 0.15) is 5.60 Å². The summed E-state index contributed by atoms with van der Waals surface area (Å²) < 4.78 is 5.36. The maximum absolute atomic E-state index is 11.9. The highest BCUT2D eigenvalue weighted by Gasteiger charge is 2.26. The molecule has 0 atom stereocenters. The molecular formula is C14H26N2O2. The van der Waals surface area contributed by atoms with Gasteiger partial charge >= 0.3 is 6.09 Å². The van der Waals surface area contributed by atoms with E-state index in [4.69, 9.17) is 4.74 Å². The molecule has 0 aromatic rings. The highest BCUT2D eigenvalue weighted by molar-refractivity contribution is 5.68. The third-order valence-corrected chi connectivity index (χ3v) is 2.83. The van der Waals surface area contributed by atoms with Crippen molar-refractivity contribution < 1.29 is 9.53 Å². The molecule has 1 aliphatic rings. The summed E-state index contributed by atoms with van der Waals surface area (Å²) in [6.07, 6.45) is 6.95. The number of piperidine rings is 1. The smallest absolute Gasteiger partial charge is 0.410 e. The van der Waals surface area contributed by atoms with Crippen molar-refractivity contribution in [1.29, 1.82) is 0 Å². The number of carbonyl (C=O) groups is 1. The van der Waals surface area contributed by atoms with Crippen LogP contribution in [0.15, 0.2) is 12.3 Å². The van der Waals surface area contributed by atoms with E-state index in [-0.39, 0.29) is 6.09 Å². The Hall–Kier alpha value is -1.19. The van der Waals surface area contributed by atoms with Crippen molar-refractivity contribution in [1.82, 2.24) is 10.2 Å². The molecule has 4 heteroatoms. The molecule has 0 unspecified atom stereocenters. The van der Waals surface area contributed by atoms with E-state index in [1.165, 1.54) is 0 Å². The normalized spacial score (nSPS) is 18.1. The first-order valence-electron chi connectivity index (χ1n) is 6.81. The van der Waals surface area contributed by atoms with Gasteiger partial charge in [-0.2, -0.15) is 0 Å². The van der Waals surface area contributed by atoms with Gasteiger partial charge in [0.05, 0.1) is 0 Å². The SMILES string of the molecule is CC/C=C\NC1CCN(C(=O)OC(C)(C)C)CC1. The average molecular weight is 254 g/mol. The molecule has 0 bridgehead atoms. The van der Waals surface area contributed by atoms with Gasteiger partial charge in [-0.25, -0.2) is 4.79 Å². The molecule has 104 valence electrons. The molecule has 1 fully saturated rings. The predicted octanol–water partition coefficient (Wildman–Crippen LogP) is 2.90. The Balaban J connectivity index is 2.30. The number of hydrogen-bond donors (Lipinski definition) is 1. The Morgan fingerprint density at radius 1 is 1.39 bits per heavy atom. The summed E-state index contributed by atoms with van der Waals surface area (Å²) in [7, 11) is 0. The van der Waals surface area contributed by atoms with Crippen molar-refractivity contribution in [3.05, 3.63) is 12.3 Å². The zero-order valence-electron chi connectivity index (χ0n) is 12.0. The van der Waals surface area contributed by atoms with Crippen LogP contribution in [-0.2, 0) is 4.74 Å². The van der Waals surface area contributed by atoms with Crippen LogP contribution in [0.25, 0.3) is 0 Å². The lowest BCUT2D eigenvalue weighted by Gasteiger charge is -2.33. The monoisotopic (exact) mass is 254 g/mol. The summed E-state index contributed by atoms with van der Waals surface area (Å²) in [6, 6.07) is 0.478. The van der Waals surface area contributed by atoms with Crippen molar-refractivity contribution in [3.8, 4) is 0 Å². The topological polar surface area (TPSA) is 41.6 Å². The molecule has 1 N–H and O–H groups in total. The standard InChI is InChI=1S/C14H26N2O2/c1-5-6-9-15-12-7-10-16(11-8-12)13(17)18-14(2,3)4/h6,9,12,15H,5,7-8,10-11H2,1-4H3/b9-6-. The lowest BCUT2D eigenvalue weighted by atomic mass is 10.1. The van der Waals surface area contributed by atoms with E-state index in [0.717, 1.165) is 32.4 Å². The van der Waals surface area contributed by atoms with Crippen LogP contribution in [0.5, 0.6) is 0 Å². The van der Waals surface area contributed by atoms with Gasteiger partial charge in [0, 0.05) is 19.1 Å². The number of amides is 1. The quantitative estimate of drug-likeness (QED) is 0.842. The van der Waals surface area contributed by atoms with E-state index in [1.807, 2.05) is 27.0 Å². The molecule has 0 aromatic heterocycles. The summed E-state index contributed by atoms with van der Waals surface area (Å²) in [4.78, 5) is 13.6. The van der Waals surface area contributed by atoms with Gasteiger partial charge in [-0.1, -0.05) is 13.0 Å². The van der Waals surface area contributed by atoms with Gasteiger partial charge in [-0.05, 0) is 46.2 Å². The van der Waals surface area contributed by atoms with Crippen molar-refractivity contribution in [3.63, 3.8) is 0 Å². The van der Waals surface area contributed by atoms with E-state index in [0.29, 0.717) is 6.04 Å². The van der Waals surface area contributed by atoms with Gasteiger partial charge in [0.2, 0.25) is 0 Å². The first-order chi connectivity index (χ1) is 8.42. The van der Waals surface area contributed by atoms with Crippen molar-refractivity contribution in [2.75, 3.05) is 13.1 Å². The van der Waals surface area contributed by atoms with Crippen molar-refractivity contribution >= 4 is 6.09 Å². The highest BCUT2D eigenvalue weighted by Crippen LogP contribution is 2.15. The second-order valence-corrected chi connectivity index (χ2v) is 5.72. The van der Waals surface area contributed by atoms with Gasteiger partial charge < -0.3 is 15.0 Å². The Morgan fingerprint density at radius 3 is 2.50 bits per heavy atom. The summed E-state index contributed by atoms with van der Waals surface area (Å²) in [5, 5.41) is 3.37. The maximum Gasteiger partial charge on any atom is 0.410 e. The Labute approximate surface area is 110 Å². The lowest BCUT2D eigenvalue weighted by Crippen LogP contribution is -2.45. The van der Waals surface area contributed by atoms with E-state index in [2.05, 4.69) is 18.3 Å². The zero-order chi connectivity index (χ0) is 13.6. The summed E-state index contributed by atoms with van der Waals surface area (Å²) in [5.74, 6) is 0. The average Bonchev–Trinajstić information content (AvgIpc) is 2.28. The molecular weight excluding hydrogens is 228 g/mol. The zero-order valence-corrected chi connectivity index (χ0v) is 12.0. The first kappa shape index (κ1) is 14.9. The molecule has 0 aromatic carbocycles. The number of allylic oxidation sites excluding steroid dienone is 1. The number of carbonyl (C=O) groups excluding carboxylic acids is 1. The third-order valence-electron chi connectivity index (χ3n) is 2.83. The van der Waals surface area contributed by atoms with Crippen LogP contribution in [0.2, 0.25) is 0 Å². The van der Waals surface area contributed by atoms with E-state index < -0.39 is 5.60 Å². The minimum absolute atomic E-state index is 0.190. The minimum atomic E-state index is -0.407. The van der Waals surface area contributed by atoms with Gasteiger partial charge in [-0.3, -0.25) is 0 Å². The fourth-order valence-electron chi connectivity index (χ4n) is 1.88. The van der Waals surface area contributed by atoms with Gasteiger partial charge in [0.25, 0.3) is 0 Å². The van der Waals surface area contributed by atoms with Crippen LogP contribution in [0, 0.1) is 0 Å². The lowest BCUT2D eigenvalue weighted by molar-refractivity contribution is 0.0201. The van der Waals surface area contributed by atoms with Crippen LogP contribution >= 0.6 is 0 Å². The van der Waals surface area contributed by atoms with Crippen LogP contribution < -0.4 is 5.32 Å². The second-order valence-electron chi connectivity index (χ2n) is 5.72. The second kappa shape index (κ2) is 6.66. The van der Waals surface area contributed by atoms with E-state index in [9.17, 15) is 4.79 Å². The largest absolute Gasteiger partial charge is 0.444 e. The van der Waals surface area contributed by atoms with E-state index >= 15 is 0 Å². The van der Waals surface area contributed by atoms with Gasteiger partial charge in [0.15, 0.2) is 0 Å². The Kier molecular flexibility index (Phi) is 5.51. The molecule has 0 spiro atoms. The number of likely N-dealkylation sites (tertiary alicyclic amines) is 1. The molecule has 4 nitrogen and oxygen atoms in total. The van der Waals surface area contributed by atoms with Crippen molar-refractivity contribution in [2.45, 2.75) is 58.6 Å². The summed E-state index contributed by atoms with van der Waals surface area (Å²) in [6.45, 7) is 9.35. The molecule has 1 aliphatic heterocycles. The molecule has 0 radical (unpaired) electrons. The fourth-order valence-corrected chi connectivity index (χ4v) is 1.88. The minimum Gasteiger partial charge on any atom is -0.444 e. The molecule has 1 heterocycles. The fraction of sp³-hybridized carbons (Fsp3) is 0.786. The summed E-state index contributed by atoms with van der Waals surface area (Å²) in [5.41, 5.74) is -0.407. The molecule has 0 saturated carbocycles. The van der Waals surface area contributed by atoms with Gasteiger partial charge in [-0.15, -0.1) is 0 Å². The van der Waals surface area contributed by atoms with E-state index in [1.54, 1.807) is 4.90 Å². The predicted molar refractivity (Wildman–Crippen MR) is 73.4 cm³/mol. The van der Waals surface area contributed by atoms with Crippen LogP contribution in [0.1, 0.15) is 47.0 Å².